The lowest BCUT2D eigenvalue weighted by Crippen LogP contribution is -2.69. The Bertz CT molecular complexity index is 932. The van der Waals surface area contributed by atoms with Crippen LogP contribution in [0.3, 0.4) is 0 Å². The number of hydrogen-bond acceptors (Lipinski definition) is 6. The van der Waals surface area contributed by atoms with Crippen LogP contribution in [0, 0.1) is 5.92 Å². The van der Waals surface area contributed by atoms with Crippen molar-refractivity contribution >= 4 is 16.0 Å². The fourth-order valence-corrected chi connectivity index (χ4v) is 8.34. The van der Waals surface area contributed by atoms with Gasteiger partial charge in [0.15, 0.2) is 5.78 Å². The highest BCUT2D eigenvalue weighted by atomic mass is 32.2. The zero-order valence-electron chi connectivity index (χ0n) is 17.4. The predicted octanol–water partition coefficient (Wildman–Crippen LogP) is 2.00. The smallest absolute Gasteiger partial charge is 0.282 e. The second kappa shape index (κ2) is 6.85. The second-order valence-electron chi connectivity index (χ2n) is 10.1. The number of piperazine rings is 1. The summed E-state index contributed by atoms with van der Waals surface area (Å²) in [6, 6.07) is 2.61. The molecule has 1 aliphatic carbocycles. The van der Waals surface area contributed by atoms with Crippen LogP contribution in [0.4, 0.5) is 0 Å². The maximum absolute atomic E-state index is 13.4. The molecule has 0 spiro atoms. The molecular formula is C21H30N4O4S. The topological polar surface area (TPSA) is 87.0 Å². The van der Waals surface area contributed by atoms with Crippen LogP contribution in [0.5, 0.6) is 0 Å². The average molecular weight is 435 g/mol. The van der Waals surface area contributed by atoms with Crippen molar-refractivity contribution in [2.45, 2.75) is 81.5 Å². The van der Waals surface area contributed by atoms with Crippen molar-refractivity contribution in [2.75, 3.05) is 20.1 Å². The minimum atomic E-state index is -3.42. The Morgan fingerprint density at radius 3 is 2.33 bits per heavy atom. The number of carbonyl (C=O) groups is 1. The van der Waals surface area contributed by atoms with E-state index in [0.717, 1.165) is 50.7 Å². The highest BCUT2D eigenvalue weighted by molar-refractivity contribution is 7.86. The molecule has 5 aliphatic heterocycles. The van der Waals surface area contributed by atoms with Crippen LogP contribution in [-0.4, -0.2) is 77.2 Å². The first-order valence-corrected chi connectivity index (χ1v) is 12.8. The van der Waals surface area contributed by atoms with Gasteiger partial charge in [-0.15, -0.1) is 0 Å². The molecule has 1 aromatic heterocycles. The van der Waals surface area contributed by atoms with Crippen molar-refractivity contribution in [3.8, 4) is 0 Å². The molecule has 1 saturated carbocycles. The number of carbonyl (C=O) groups excluding carboxylic acids is 1. The van der Waals surface area contributed by atoms with Gasteiger partial charge in [-0.2, -0.15) is 17.0 Å². The molecule has 4 bridgehead atoms. The lowest BCUT2D eigenvalue weighted by molar-refractivity contribution is -0.0241. The summed E-state index contributed by atoms with van der Waals surface area (Å²) in [5.41, 5.74) is 0.441. The Morgan fingerprint density at radius 2 is 1.73 bits per heavy atom. The molecule has 1 aromatic rings. The molecule has 9 heteroatoms. The van der Waals surface area contributed by atoms with Gasteiger partial charge in [0.25, 0.3) is 10.2 Å². The monoisotopic (exact) mass is 434 g/mol. The summed E-state index contributed by atoms with van der Waals surface area (Å²) in [4.78, 5) is 15.0. The van der Waals surface area contributed by atoms with Gasteiger partial charge in [-0.3, -0.25) is 9.69 Å². The van der Waals surface area contributed by atoms with Crippen LogP contribution in [0.25, 0.3) is 0 Å². The molecule has 164 valence electrons. The van der Waals surface area contributed by atoms with Gasteiger partial charge in [0, 0.05) is 55.7 Å². The van der Waals surface area contributed by atoms with Gasteiger partial charge in [0.1, 0.15) is 11.5 Å². The Morgan fingerprint density at radius 1 is 1.07 bits per heavy atom. The van der Waals surface area contributed by atoms with Crippen LogP contribution in [0.15, 0.2) is 10.6 Å². The van der Waals surface area contributed by atoms with Crippen LogP contribution in [0.2, 0.25) is 0 Å². The van der Waals surface area contributed by atoms with Crippen LogP contribution in [-0.2, 0) is 10.2 Å². The molecule has 5 saturated heterocycles. The van der Waals surface area contributed by atoms with Crippen LogP contribution in [0.1, 0.15) is 73.5 Å². The first-order valence-electron chi connectivity index (χ1n) is 11.4. The van der Waals surface area contributed by atoms with Crippen molar-refractivity contribution < 1.29 is 17.7 Å². The quantitative estimate of drug-likeness (QED) is 0.637. The lowest BCUT2D eigenvalue weighted by Gasteiger charge is -2.55. The summed E-state index contributed by atoms with van der Waals surface area (Å²) in [5, 5.41) is 3.99. The van der Waals surface area contributed by atoms with Crippen molar-refractivity contribution in [2.24, 2.45) is 5.92 Å². The van der Waals surface area contributed by atoms with E-state index in [1.807, 2.05) is 6.07 Å². The van der Waals surface area contributed by atoms with Crippen molar-refractivity contribution in [3.63, 3.8) is 0 Å². The average Bonchev–Trinajstić information content (AvgIpc) is 3.39. The molecule has 7 rings (SSSR count). The largest absolute Gasteiger partial charge is 0.360 e. The number of aromatic nitrogens is 1. The minimum absolute atomic E-state index is 0.0295. The summed E-state index contributed by atoms with van der Waals surface area (Å²) in [6.45, 7) is 1.23. The standard InChI is InChI=1S/C21H30N4O4S/c1-23-17-9-18(23)12-24(11-17)30(27,28)25-15-4-5-16(25)7-13(6-15)8-20(26)19-10-21(29-22-19)14-2-3-14/h10,13-18H,2-9,11-12H2,1H3/t13?,15-,16+,17?,18?. The van der Waals surface area contributed by atoms with Crippen LogP contribution < -0.4 is 0 Å². The number of Topliss-reactive ketones (excluding diaryl/α,β-unsaturated/α-hetero) is 1. The number of ketones is 1. The van der Waals surface area contributed by atoms with E-state index in [0.29, 0.717) is 43.2 Å². The molecule has 6 fully saturated rings. The second-order valence-corrected chi connectivity index (χ2v) is 11.9. The summed E-state index contributed by atoms with van der Waals surface area (Å²) >= 11 is 0. The molecular weight excluding hydrogens is 404 g/mol. The lowest BCUT2D eigenvalue weighted by atomic mass is 9.87. The third-order valence-corrected chi connectivity index (χ3v) is 10.2. The van der Waals surface area contributed by atoms with E-state index in [1.165, 1.54) is 0 Å². The van der Waals surface area contributed by atoms with E-state index in [2.05, 4.69) is 17.1 Å². The highest BCUT2D eigenvalue weighted by Crippen LogP contribution is 2.44. The summed E-state index contributed by atoms with van der Waals surface area (Å²) in [7, 11) is -1.33. The Labute approximate surface area is 177 Å². The third kappa shape index (κ3) is 3.08. The molecule has 0 amide bonds. The van der Waals surface area contributed by atoms with Crippen molar-refractivity contribution in [1.29, 1.82) is 0 Å². The van der Waals surface area contributed by atoms with E-state index < -0.39 is 10.2 Å². The van der Waals surface area contributed by atoms with Crippen molar-refractivity contribution in [1.82, 2.24) is 18.7 Å². The van der Waals surface area contributed by atoms with E-state index in [-0.39, 0.29) is 23.8 Å². The Balaban J connectivity index is 1.12. The molecule has 0 aromatic carbocycles. The summed E-state index contributed by atoms with van der Waals surface area (Å²) in [5.74, 6) is 1.54. The third-order valence-electron chi connectivity index (χ3n) is 8.15. The van der Waals surface area contributed by atoms with Gasteiger partial charge < -0.3 is 4.52 Å². The van der Waals surface area contributed by atoms with Gasteiger partial charge in [-0.25, -0.2) is 0 Å². The summed E-state index contributed by atoms with van der Waals surface area (Å²) < 4.78 is 35.7. The minimum Gasteiger partial charge on any atom is -0.360 e. The molecule has 6 aliphatic rings. The fraction of sp³-hybridized carbons (Fsp3) is 0.810. The molecule has 0 radical (unpaired) electrons. The van der Waals surface area contributed by atoms with Gasteiger partial charge in [-0.1, -0.05) is 5.16 Å². The molecule has 30 heavy (non-hydrogen) atoms. The Kier molecular flexibility index (Phi) is 4.43. The van der Waals surface area contributed by atoms with Gasteiger partial charge in [-0.05, 0) is 57.9 Å². The van der Waals surface area contributed by atoms with Gasteiger partial charge >= 0.3 is 0 Å². The zero-order valence-corrected chi connectivity index (χ0v) is 18.3. The number of nitrogens with zero attached hydrogens (tertiary/aromatic N) is 4. The maximum atomic E-state index is 13.4. The number of piperidine rings is 2. The number of hydrogen-bond donors (Lipinski definition) is 0. The number of fused-ring (bicyclic) bond motifs is 4. The zero-order chi connectivity index (χ0) is 20.6. The molecule has 5 atom stereocenters. The first-order chi connectivity index (χ1) is 14.4. The fourth-order valence-electron chi connectivity index (χ4n) is 6.22. The van der Waals surface area contributed by atoms with E-state index in [1.54, 1.807) is 8.61 Å². The maximum Gasteiger partial charge on any atom is 0.282 e. The highest BCUT2D eigenvalue weighted by Gasteiger charge is 2.52. The van der Waals surface area contributed by atoms with E-state index in [4.69, 9.17) is 4.52 Å². The molecule has 8 nitrogen and oxygen atoms in total. The molecule has 6 heterocycles. The first kappa shape index (κ1) is 19.4. The Hall–Kier alpha value is -1.29. The predicted molar refractivity (Wildman–Crippen MR) is 109 cm³/mol. The number of rotatable bonds is 6. The van der Waals surface area contributed by atoms with E-state index >= 15 is 0 Å². The SMILES string of the molecule is CN1C2CC1CN(S(=O)(=O)N1[C@@H]3CC[C@H]1CC(CC(=O)c1cc(C4CC4)on1)C3)C2. The summed E-state index contributed by atoms with van der Waals surface area (Å²) in [6.07, 6.45) is 7.16. The molecule has 0 N–H and O–H groups in total. The van der Waals surface area contributed by atoms with E-state index in [9.17, 15) is 13.2 Å². The molecule has 3 unspecified atom stereocenters. The van der Waals surface area contributed by atoms with Crippen LogP contribution >= 0.6 is 0 Å². The number of likely N-dealkylation sites (N-methyl/N-ethyl adjacent to an activating group) is 1. The normalized spacial score (nSPS) is 37.3. The van der Waals surface area contributed by atoms with Gasteiger partial charge in [0.05, 0.1) is 0 Å². The van der Waals surface area contributed by atoms with Gasteiger partial charge in [0.2, 0.25) is 0 Å². The van der Waals surface area contributed by atoms with Crippen molar-refractivity contribution in [3.05, 3.63) is 17.5 Å².